The lowest BCUT2D eigenvalue weighted by Crippen LogP contribution is -2.21. The van der Waals surface area contributed by atoms with Gasteiger partial charge < -0.3 is 0 Å². The average molecular weight is 203 g/mol. The van der Waals surface area contributed by atoms with Crippen molar-refractivity contribution in [3.63, 3.8) is 0 Å². The second kappa shape index (κ2) is 4.38. The van der Waals surface area contributed by atoms with Crippen LogP contribution in [0.3, 0.4) is 0 Å². The van der Waals surface area contributed by atoms with Gasteiger partial charge in [0.15, 0.2) is 0 Å². The third-order valence-corrected chi connectivity index (χ3v) is 3.85. The van der Waals surface area contributed by atoms with Gasteiger partial charge in [-0.1, -0.05) is 64.5 Å². The van der Waals surface area contributed by atoms with Gasteiger partial charge in [-0.25, -0.2) is 0 Å². The molecule has 1 aliphatic carbocycles. The Morgan fingerprint density at radius 1 is 1.40 bits per heavy atom. The summed E-state index contributed by atoms with van der Waals surface area (Å²) in [5.41, 5.74) is 2.98. The third-order valence-electron chi connectivity index (χ3n) is 3.85. The largest absolute Gasteiger partial charge is 0.0989 e. The van der Waals surface area contributed by atoms with E-state index in [1.165, 1.54) is 17.9 Å². The van der Waals surface area contributed by atoms with Gasteiger partial charge in [-0.3, -0.25) is 0 Å². The van der Waals surface area contributed by atoms with E-state index in [4.69, 9.17) is 0 Å². The van der Waals surface area contributed by atoms with E-state index in [0.29, 0.717) is 11.3 Å². The summed E-state index contributed by atoms with van der Waals surface area (Å²) < 4.78 is 0. The van der Waals surface area contributed by atoms with E-state index in [1.807, 2.05) is 0 Å². The predicted octanol–water partition coefficient (Wildman–Crippen LogP) is 4.71. The molecule has 1 rings (SSSR count). The molecule has 0 amide bonds. The Hall–Kier alpha value is -0.780. The molecule has 0 bridgehead atoms. The van der Waals surface area contributed by atoms with Crippen LogP contribution in [-0.2, 0) is 0 Å². The van der Waals surface area contributed by atoms with E-state index in [2.05, 4.69) is 59.4 Å². The van der Waals surface area contributed by atoms with Gasteiger partial charge in [-0.15, -0.1) is 0 Å². The monoisotopic (exact) mass is 203 g/mol. The van der Waals surface area contributed by atoms with E-state index in [-0.39, 0.29) is 0 Å². The van der Waals surface area contributed by atoms with E-state index < -0.39 is 0 Å². The van der Waals surface area contributed by atoms with Crippen molar-refractivity contribution in [2.24, 2.45) is 11.3 Å². The highest BCUT2D eigenvalue weighted by Gasteiger charge is 2.27. The first-order valence-electron chi connectivity index (χ1n) is 5.81. The maximum atomic E-state index is 3.98. The minimum Gasteiger partial charge on any atom is -0.0989 e. The maximum absolute atomic E-state index is 3.98. The first-order chi connectivity index (χ1) is 6.88. The molecule has 0 saturated carbocycles. The van der Waals surface area contributed by atoms with Crippen LogP contribution in [0.1, 0.15) is 41.0 Å². The van der Waals surface area contributed by atoms with Crippen LogP contribution in [0.4, 0.5) is 0 Å². The fraction of sp³-hybridized carbons (Fsp3) is 0.533. The number of allylic oxidation sites excluding steroid dienone is 5. The van der Waals surface area contributed by atoms with E-state index in [9.17, 15) is 0 Å². The van der Waals surface area contributed by atoms with Gasteiger partial charge in [-0.2, -0.15) is 0 Å². The Morgan fingerprint density at radius 2 is 2.00 bits per heavy atom. The van der Waals surface area contributed by atoms with Crippen molar-refractivity contribution in [1.29, 1.82) is 0 Å². The molecule has 0 spiro atoms. The lowest BCUT2D eigenvalue weighted by Gasteiger charge is -2.31. The van der Waals surface area contributed by atoms with Gasteiger partial charge in [0.1, 0.15) is 0 Å². The van der Waals surface area contributed by atoms with Crippen molar-refractivity contribution >= 4 is 0 Å². The molecule has 0 aromatic carbocycles. The molecule has 0 nitrogen and oxygen atoms in total. The molecule has 83 valence electrons. The van der Waals surface area contributed by atoms with Gasteiger partial charge in [0.2, 0.25) is 0 Å². The molecular weight excluding hydrogens is 180 g/mol. The summed E-state index contributed by atoms with van der Waals surface area (Å²) in [5, 5.41) is 0. The zero-order chi connectivity index (χ0) is 11.6. The van der Waals surface area contributed by atoms with Crippen molar-refractivity contribution < 1.29 is 0 Å². The van der Waals surface area contributed by atoms with Crippen molar-refractivity contribution in [3.8, 4) is 0 Å². The van der Waals surface area contributed by atoms with Gasteiger partial charge in [-0.05, 0) is 23.8 Å². The van der Waals surface area contributed by atoms with Gasteiger partial charge >= 0.3 is 0 Å². The Labute approximate surface area is 94.8 Å². The van der Waals surface area contributed by atoms with Crippen LogP contribution < -0.4 is 0 Å². The molecule has 0 aromatic heterocycles. The number of rotatable bonds is 4. The Morgan fingerprint density at radius 3 is 2.40 bits per heavy atom. The topological polar surface area (TPSA) is 0 Å². The SMILES string of the molecule is C=C(C)[C]1C=CC(C(C)C(C)(C)CC)=C1. The molecule has 0 heteroatoms. The number of hydrogen-bond acceptors (Lipinski definition) is 0. The highest BCUT2D eigenvalue weighted by atomic mass is 14.3. The zero-order valence-corrected chi connectivity index (χ0v) is 10.7. The van der Waals surface area contributed by atoms with Crippen LogP contribution in [0, 0.1) is 17.3 Å². The molecule has 0 fully saturated rings. The lowest BCUT2D eigenvalue weighted by molar-refractivity contribution is 0.258. The van der Waals surface area contributed by atoms with Gasteiger partial charge in [0.25, 0.3) is 0 Å². The molecule has 0 aromatic rings. The Kier molecular flexibility index (Phi) is 3.59. The Balaban J connectivity index is 2.80. The van der Waals surface area contributed by atoms with Crippen LogP contribution >= 0.6 is 0 Å². The Bertz CT molecular complexity index is 302. The van der Waals surface area contributed by atoms with Crippen LogP contribution in [0.5, 0.6) is 0 Å². The summed E-state index contributed by atoms with van der Waals surface area (Å²) in [6.45, 7) is 15.3. The van der Waals surface area contributed by atoms with Crippen LogP contribution in [0.15, 0.2) is 36.0 Å². The van der Waals surface area contributed by atoms with Gasteiger partial charge in [0.05, 0.1) is 0 Å². The van der Waals surface area contributed by atoms with Crippen LogP contribution in [0.25, 0.3) is 0 Å². The summed E-state index contributed by atoms with van der Waals surface area (Å²) in [7, 11) is 0. The van der Waals surface area contributed by atoms with E-state index in [0.717, 1.165) is 5.57 Å². The molecule has 1 unspecified atom stereocenters. The zero-order valence-electron chi connectivity index (χ0n) is 10.7. The molecule has 0 aliphatic heterocycles. The smallest absolute Gasteiger partial charge is 0.0439 e. The molecule has 0 N–H and O–H groups in total. The van der Waals surface area contributed by atoms with Crippen molar-refractivity contribution in [1.82, 2.24) is 0 Å². The number of hydrogen-bond donors (Lipinski definition) is 0. The second-order valence-electron chi connectivity index (χ2n) is 5.28. The minimum atomic E-state index is 0.376. The van der Waals surface area contributed by atoms with Crippen molar-refractivity contribution in [2.75, 3.05) is 0 Å². The average Bonchev–Trinajstić information content (AvgIpc) is 2.65. The first kappa shape index (κ1) is 12.3. The first-order valence-corrected chi connectivity index (χ1v) is 5.81. The molecule has 15 heavy (non-hydrogen) atoms. The van der Waals surface area contributed by atoms with E-state index >= 15 is 0 Å². The van der Waals surface area contributed by atoms with Crippen LogP contribution in [-0.4, -0.2) is 0 Å². The second-order valence-corrected chi connectivity index (χ2v) is 5.28. The predicted molar refractivity (Wildman–Crippen MR) is 68.5 cm³/mol. The molecule has 1 aliphatic rings. The maximum Gasteiger partial charge on any atom is 0.0439 e. The highest BCUT2D eigenvalue weighted by Crippen LogP contribution is 2.39. The van der Waals surface area contributed by atoms with Crippen molar-refractivity contribution in [3.05, 3.63) is 41.9 Å². The summed E-state index contributed by atoms with van der Waals surface area (Å²) in [6, 6.07) is 0. The highest BCUT2D eigenvalue weighted by molar-refractivity contribution is 5.50. The molecule has 1 radical (unpaired) electrons. The van der Waals surface area contributed by atoms with Crippen molar-refractivity contribution in [2.45, 2.75) is 41.0 Å². The normalized spacial score (nSPS) is 19.1. The third kappa shape index (κ3) is 2.62. The van der Waals surface area contributed by atoms with Gasteiger partial charge in [0, 0.05) is 5.92 Å². The summed E-state index contributed by atoms with van der Waals surface area (Å²) in [6.07, 6.45) is 7.91. The van der Waals surface area contributed by atoms with Crippen LogP contribution in [0.2, 0.25) is 0 Å². The molecule has 0 heterocycles. The quantitative estimate of drug-likeness (QED) is 0.621. The summed E-state index contributed by atoms with van der Waals surface area (Å²) >= 11 is 0. The fourth-order valence-corrected chi connectivity index (χ4v) is 1.75. The van der Waals surface area contributed by atoms with E-state index in [1.54, 1.807) is 0 Å². The molecule has 0 saturated heterocycles. The fourth-order valence-electron chi connectivity index (χ4n) is 1.75. The minimum absolute atomic E-state index is 0.376. The summed E-state index contributed by atoms with van der Waals surface area (Å²) in [5.74, 6) is 1.89. The summed E-state index contributed by atoms with van der Waals surface area (Å²) in [4.78, 5) is 0. The molecule has 1 atom stereocenters. The lowest BCUT2D eigenvalue weighted by atomic mass is 9.74. The standard InChI is InChI=1S/C15H23/c1-7-15(5,6)12(4)14-9-8-13(10-14)11(2)3/h8-10,12H,2,7H2,1,3-6H3. The molecular formula is C15H23.